The average molecular weight is 526 g/mol. The van der Waals surface area contributed by atoms with Gasteiger partial charge in [-0.1, -0.05) is 25.1 Å². The van der Waals surface area contributed by atoms with Crippen molar-refractivity contribution in [3.63, 3.8) is 0 Å². The molecule has 0 bridgehead atoms. The molecule has 32 heavy (non-hydrogen) atoms. The number of aromatic nitrogens is 1. The standard InChI is InChI=1S/C22H32N4O2S.3ClH/c1-2-12-28-13-8-19-15-26(11-10-25(19)14-18(23)16-29)22(27)20-7-3-5-17-6-4-9-24-21(17)20;;;/h3-7,9,18-19,29H,2,8,10-16,23H2,1H3;3*1H/t18-,19+;;;/m1.../s1. The zero-order valence-electron chi connectivity index (χ0n) is 18.4. The highest BCUT2D eigenvalue weighted by molar-refractivity contribution is 7.80. The molecule has 2 N–H and O–H groups in total. The van der Waals surface area contributed by atoms with Crippen LogP contribution in [0.4, 0.5) is 0 Å². The molecule has 3 rings (SSSR count). The van der Waals surface area contributed by atoms with E-state index in [0.717, 1.165) is 43.4 Å². The minimum atomic E-state index is 0. The van der Waals surface area contributed by atoms with Gasteiger partial charge in [0.2, 0.25) is 0 Å². The smallest absolute Gasteiger partial charge is 0.256 e. The van der Waals surface area contributed by atoms with E-state index < -0.39 is 0 Å². The Labute approximate surface area is 215 Å². The van der Waals surface area contributed by atoms with Crippen LogP contribution in [0.5, 0.6) is 0 Å². The number of carbonyl (C=O) groups is 1. The molecular weight excluding hydrogens is 491 g/mol. The van der Waals surface area contributed by atoms with E-state index in [0.29, 0.717) is 31.0 Å². The van der Waals surface area contributed by atoms with Crippen LogP contribution < -0.4 is 5.73 Å². The van der Waals surface area contributed by atoms with E-state index in [2.05, 4.69) is 29.4 Å². The lowest BCUT2D eigenvalue weighted by Gasteiger charge is -2.42. The summed E-state index contributed by atoms with van der Waals surface area (Å²) in [6.07, 6.45) is 3.64. The largest absolute Gasteiger partial charge is 0.381 e. The first-order valence-electron chi connectivity index (χ1n) is 10.4. The molecule has 1 aliphatic heterocycles. The summed E-state index contributed by atoms with van der Waals surface area (Å²) in [4.78, 5) is 22.1. The van der Waals surface area contributed by atoms with E-state index >= 15 is 0 Å². The average Bonchev–Trinajstić information content (AvgIpc) is 2.76. The summed E-state index contributed by atoms with van der Waals surface area (Å²) < 4.78 is 5.72. The fraction of sp³-hybridized carbons (Fsp3) is 0.545. The number of nitrogens with zero attached hydrogens (tertiary/aromatic N) is 3. The Morgan fingerprint density at radius 3 is 2.69 bits per heavy atom. The van der Waals surface area contributed by atoms with Gasteiger partial charge in [0.15, 0.2) is 0 Å². The number of hydrogen-bond acceptors (Lipinski definition) is 6. The molecule has 2 atom stereocenters. The van der Waals surface area contributed by atoms with Crippen molar-refractivity contribution in [1.29, 1.82) is 0 Å². The number of ether oxygens (including phenoxy) is 1. The highest BCUT2D eigenvalue weighted by Gasteiger charge is 2.31. The summed E-state index contributed by atoms with van der Waals surface area (Å²) in [6, 6.07) is 9.94. The number of nitrogens with two attached hydrogens (primary N) is 1. The third-order valence-corrected chi connectivity index (χ3v) is 5.87. The molecule has 10 heteroatoms. The highest BCUT2D eigenvalue weighted by Crippen LogP contribution is 2.21. The summed E-state index contributed by atoms with van der Waals surface area (Å²) in [5, 5.41) is 0.987. The van der Waals surface area contributed by atoms with Crippen molar-refractivity contribution in [2.45, 2.75) is 31.8 Å². The Bertz CT molecular complexity index is 812. The molecule has 0 saturated carbocycles. The quantitative estimate of drug-likeness (QED) is 0.386. The molecule has 0 spiro atoms. The maximum atomic E-state index is 13.3. The van der Waals surface area contributed by atoms with Crippen LogP contribution in [0.3, 0.4) is 0 Å². The summed E-state index contributed by atoms with van der Waals surface area (Å²) in [5.74, 6) is 0.701. The van der Waals surface area contributed by atoms with Crippen LogP contribution in [-0.2, 0) is 4.74 Å². The third kappa shape index (κ3) is 8.20. The zero-order chi connectivity index (χ0) is 20.6. The first-order valence-corrected chi connectivity index (χ1v) is 11.1. The van der Waals surface area contributed by atoms with E-state index in [4.69, 9.17) is 10.5 Å². The van der Waals surface area contributed by atoms with Crippen LogP contribution in [0, 0.1) is 0 Å². The molecule has 1 aromatic carbocycles. The molecule has 2 aromatic rings. The highest BCUT2D eigenvalue weighted by atomic mass is 35.5. The predicted molar refractivity (Wildman–Crippen MR) is 142 cm³/mol. The number of para-hydroxylation sites is 1. The molecule has 1 aliphatic rings. The molecule has 6 nitrogen and oxygen atoms in total. The van der Waals surface area contributed by atoms with Crippen LogP contribution in [0.25, 0.3) is 10.9 Å². The molecule has 1 fully saturated rings. The van der Waals surface area contributed by atoms with Crippen molar-refractivity contribution in [1.82, 2.24) is 14.8 Å². The lowest BCUT2D eigenvalue weighted by atomic mass is 10.0. The van der Waals surface area contributed by atoms with Crippen molar-refractivity contribution in [2.75, 3.05) is 45.1 Å². The van der Waals surface area contributed by atoms with Gasteiger partial charge >= 0.3 is 0 Å². The number of halogens is 3. The summed E-state index contributed by atoms with van der Waals surface area (Å²) in [7, 11) is 0. The molecular formula is C22H35Cl3N4O2S. The molecule has 0 aliphatic carbocycles. The zero-order valence-corrected chi connectivity index (χ0v) is 21.7. The van der Waals surface area contributed by atoms with Gasteiger partial charge in [0.1, 0.15) is 0 Å². The monoisotopic (exact) mass is 524 g/mol. The number of amides is 1. The van der Waals surface area contributed by atoms with Gasteiger partial charge < -0.3 is 15.4 Å². The Morgan fingerprint density at radius 1 is 1.22 bits per heavy atom. The molecule has 1 amide bonds. The first-order chi connectivity index (χ1) is 14.1. The third-order valence-electron chi connectivity index (χ3n) is 5.40. The first kappa shape index (κ1) is 31.2. The van der Waals surface area contributed by atoms with Gasteiger partial charge in [0.05, 0.1) is 11.1 Å². The van der Waals surface area contributed by atoms with E-state index in [1.165, 1.54) is 0 Å². The topological polar surface area (TPSA) is 71.7 Å². The second-order valence-electron chi connectivity index (χ2n) is 7.62. The van der Waals surface area contributed by atoms with Crippen molar-refractivity contribution in [2.24, 2.45) is 5.73 Å². The summed E-state index contributed by atoms with van der Waals surface area (Å²) in [6.45, 7) is 6.54. The normalized spacial score (nSPS) is 17.1. The van der Waals surface area contributed by atoms with Crippen LogP contribution in [0.15, 0.2) is 36.5 Å². The number of pyridine rings is 1. The van der Waals surface area contributed by atoms with Crippen molar-refractivity contribution < 1.29 is 9.53 Å². The van der Waals surface area contributed by atoms with Gasteiger partial charge in [-0.2, -0.15) is 12.6 Å². The Hall–Kier alpha value is -0.800. The van der Waals surface area contributed by atoms with Crippen LogP contribution in [-0.4, -0.2) is 77.9 Å². The van der Waals surface area contributed by atoms with Gasteiger partial charge in [0, 0.05) is 68.8 Å². The second-order valence-corrected chi connectivity index (χ2v) is 7.99. The van der Waals surface area contributed by atoms with E-state index in [-0.39, 0.29) is 55.2 Å². The Morgan fingerprint density at radius 2 is 1.97 bits per heavy atom. The molecule has 1 saturated heterocycles. The second kappa shape index (κ2) is 15.9. The lowest BCUT2D eigenvalue weighted by Crippen LogP contribution is -2.57. The van der Waals surface area contributed by atoms with E-state index in [1.807, 2.05) is 35.2 Å². The molecule has 1 aromatic heterocycles. The number of fused-ring (bicyclic) bond motifs is 1. The summed E-state index contributed by atoms with van der Waals surface area (Å²) >= 11 is 4.33. The van der Waals surface area contributed by atoms with Gasteiger partial charge in [-0.3, -0.25) is 14.7 Å². The number of piperazine rings is 1. The minimum absolute atomic E-state index is 0. The van der Waals surface area contributed by atoms with Crippen LogP contribution >= 0.6 is 49.8 Å². The summed E-state index contributed by atoms with van der Waals surface area (Å²) in [5.41, 5.74) is 7.59. The molecule has 182 valence electrons. The maximum Gasteiger partial charge on any atom is 0.256 e. The SMILES string of the molecule is CCCOCC[C@H]1CN(C(=O)c2cccc3cccnc23)CCN1C[C@@H](N)CS.Cl.Cl.Cl. The van der Waals surface area contributed by atoms with E-state index in [1.54, 1.807) is 6.20 Å². The predicted octanol–water partition coefficient (Wildman–Crippen LogP) is 3.70. The van der Waals surface area contributed by atoms with Gasteiger partial charge in [0.25, 0.3) is 5.91 Å². The maximum absolute atomic E-state index is 13.3. The van der Waals surface area contributed by atoms with Crippen molar-refractivity contribution >= 4 is 66.7 Å². The van der Waals surface area contributed by atoms with Crippen molar-refractivity contribution in [3.05, 3.63) is 42.1 Å². The van der Waals surface area contributed by atoms with Crippen LogP contribution in [0.1, 0.15) is 30.1 Å². The fourth-order valence-corrected chi connectivity index (χ4v) is 3.98. The number of thiol groups is 1. The van der Waals surface area contributed by atoms with Crippen molar-refractivity contribution in [3.8, 4) is 0 Å². The van der Waals surface area contributed by atoms with Gasteiger partial charge in [-0.05, 0) is 25.0 Å². The van der Waals surface area contributed by atoms with E-state index in [9.17, 15) is 4.79 Å². The number of carbonyl (C=O) groups excluding carboxylic acids is 1. The number of rotatable bonds is 9. The number of hydrogen-bond donors (Lipinski definition) is 2. The Balaban J connectivity index is 0.00000320. The number of benzene rings is 1. The molecule has 0 radical (unpaired) electrons. The molecule has 0 unspecified atom stereocenters. The minimum Gasteiger partial charge on any atom is -0.381 e. The molecule has 2 heterocycles. The van der Waals surface area contributed by atoms with Gasteiger partial charge in [-0.15, -0.1) is 37.2 Å². The lowest BCUT2D eigenvalue weighted by molar-refractivity contribution is 0.0339. The fourth-order valence-electron chi connectivity index (χ4n) is 3.86. The van der Waals surface area contributed by atoms with Gasteiger partial charge in [-0.25, -0.2) is 0 Å². The Kier molecular flexibility index (Phi) is 15.5. The van der Waals surface area contributed by atoms with Crippen LogP contribution in [0.2, 0.25) is 0 Å².